The van der Waals surface area contributed by atoms with Crippen LogP contribution in [0.3, 0.4) is 0 Å². The number of unbranched alkanes of at least 4 members (excludes halogenated alkanes) is 15. The second kappa shape index (κ2) is 18.9. The Morgan fingerprint density at radius 3 is 1.30 bits per heavy atom. The first-order chi connectivity index (χ1) is 18.0. The van der Waals surface area contributed by atoms with Crippen molar-refractivity contribution >= 4 is 23.6 Å². The first-order valence-electron chi connectivity index (χ1n) is 15.1. The zero-order chi connectivity index (χ0) is 26.7. The van der Waals surface area contributed by atoms with Gasteiger partial charge in [0, 0.05) is 36.9 Å². The standard InChI is InChI=1S/C22H39NO2.C9H11NO2/c1-2-3-4-5-6-7-8-9-10-11-12-13-14-15-16-17-20-23-21(24)18-19-22(23)25;11-8-5-6-9(12)10(8)7-3-1-2-4-7/h18-19H,2-17,20H2,1H3;5-7H,1-4H2. The van der Waals surface area contributed by atoms with Gasteiger partial charge < -0.3 is 0 Å². The molecule has 2 heterocycles. The first kappa shape index (κ1) is 31.0. The van der Waals surface area contributed by atoms with E-state index in [9.17, 15) is 19.2 Å². The number of imide groups is 2. The minimum absolute atomic E-state index is 0.132. The average molecular weight is 515 g/mol. The number of rotatable bonds is 18. The van der Waals surface area contributed by atoms with Gasteiger partial charge in [0.2, 0.25) is 0 Å². The van der Waals surface area contributed by atoms with Crippen molar-refractivity contribution < 1.29 is 19.2 Å². The quantitative estimate of drug-likeness (QED) is 0.145. The van der Waals surface area contributed by atoms with Crippen molar-refractivity contribution in [2.24, 2.45) is 0 Å². The number of hydrogen-bond donors (Lipinski definition) is 0. The normalized spacial score (nSPS) is 17.4. The van der Waals surface area contributed by atoms with E-state index in [1.54, 1.807) is 0 Å². The highest BCUT2D eigenvalue weighted by atomic mass is 16.2. The Hall–Kier alpha value is -2.24. The van der Waals surface area contributed by atoms with Crippen molar-refractivity contribution in [2.45, 2.75) is 141 Å². The maximum Gasteiger partial charge on any atom is 0.253 e. The smallest absolute Gasteiger partial charge is 0.253 e. The number of hydrogen-bond acceptors (Lipinski definition) is 4. The number of nitrogens with zero attached hydrogens (tertiary/aromatic N) is 2. The van der Waals surface area contributed by atoms with Crippen LogP contribution in [0.1, 0.15) is 135 Å². The van der Waals surface area contributed by atoms with Gasteiger partial charge >= 0.3 is 0 Å². The maximum absolute atomic E-state index is 11.4. The van der Waals surface area contributed by atoms with E-state index in [0.29, 0.717) is 6.54 Å². The van der Waals surface area contributed by atoms with Crippen molar-refractivity contribution in [1.29, 1.82) is 0 Å². The topological polar surface area (TPSA) is 74.8 Å². The van der Waals surface area contributed by atoms with Crippen molar-refractivity contribution in [3.8, 4) is 0 Å². The lowest BCUT2D eigenvalue weighted by Crippen LogP contribution is -2.38. The minimum atomic E-state index is -0.147. The summed E-state index contributed by atoms with van der Waals surface area (Å²) in [4.78, 5) is 47.9. The average Bonchev–Trinajstić information content (AvgIpc) is 3.61. The van der Waals surface area contributed by atoms with E-state index in [2.05, 4.69) is 6.92 Å². The van der Waals surface area contributed by atoms with Crippen LogP contribution in [0.25, 0.3) is 0 Å². The Bertz CT molecular complexity index is 731. The first-order valence-corrected chi connectivity index (χ1v) is 15.1. The van der Waals surface area contributed by atoms with Gasteiger partial charge in [0.25, 0.3) is 23.6 Å². The van der Waals surface area contributed by atoms with E-state index in [0.717, 1.165) is 38.5 Å². The fourth-order valence-electron chi connectivity index (χ4n) is 5.40. The molecule has 0 atom stereocenters. The van der Waals surface area contributed by atoms with Gasteiger partial charge in [-0.2, -0.15) is 0 Å². The third-order valence-corrected chi connectivity index (χ3v) is 7.67. The molecular weight excluding hydrogens is 464 g/mol. The van der Waals surface area contributed by atoms with E-state index < -0.39 is 0 Å². The summed E-state index contributed by atoms with van der Waals surface area (Å²) >= 11 is 0. The molecule has 37 heavy (non-hydrogen) atoms. The second-order valence-electron chi connectivity index (χ2n) is 10.8. The van der Waals surface area contributed by atoms with Crippen LogP contribution in [0.15, 0.2) is 24.3 Å². The number of carbonyl (C=O) groups is 4. The minimum Gasteiger partial charge on any atom is -0.275 e. The molecule has 0 unspecified atom stereocenters. The van der Waals surface area contributed by atoms with E-state index >= 15 is 0 Å². The Morgan fingerprint density at radius 1 is 0.541 bits per heavy atom. The predicted octanol–water partition coefficient (Wildman–Crippen LogP) is 7.03. The largest absolute Gasteiger partial charge is 0.275 e. The van der Waals surface area contributed by atoms with Gasteiger partial charge in [0.1, 0.15) is 0 Å². The highest BCUT2D eigenvalue weighted by Gasteiger charge is 2.32. The summed E-state index contributed by atoms with van der Waals surface area (Å²) in [6.07, 6.45) is 31.1. The summed E-state index contributed by atoms with van der Waals surface area (Å²) in [7, 11) is 0. The van der Waals surface area contributed by atoms with Gasteiger partial charge in [-0.05, 0) is 19.3 Å². The molecule has 1 fully saturated rings. The monoisotopic (exact) mass is 514 g/mol. The molecule has 208 valence electrons. The predicted molar refractivity (Wildman–Crippen MR) is 149 cm³/mol. The molecule has 0 saturated heterocycles. The fourth-order valence-corrected chi connectivity index (χ4v) is 5.40. The lowest BCUT2D eigenvalue weighted by atomic mass is 10.0. The Morgan fingerprint density at radius 2 is 0.892 bits per heavy atom. The second-order valence-corrected chi connectivity index (χ2v) is 10.8. The summed E-state index contributed by atoms with van der Waals surface area (Å²) in [6.45, 7) is 2.86. The van der Waals surface area contributed by atoms with Gasteiger partial charge in [-0.1, -0.05) is 116 Å². The number of carbonyl (C=O) groups excluding carboxylic acids is 4. The van der Waals surface area contributed by atoms with Crippen LogP contribution in [0, 0.1) is 0 Å². The molecular formula is C31H50N2O4. The summed E-state index contributed by atoms with van der Waals surface area (Å²) in [5, 5.41) is 0. The molecule has 0 radical (unpaired) electrons. The Kier molecular flexibility index (Phi) is 15.8. The summed E-state index contributed by atoms with van der Waals surface area (Å²) in [5.74, 6) is -0.560. The molecule has 0 bridgehead atoms. The highest BCUT2D eigenvalue weighted by Crippen LogP contribution is 2.25. The maximum atomic E-state index is 11.4. The Labute approximate surface area is 224 Å². The van der Waals surface area contributed by atoms with Crippen molar-refractivity contribution in [3.63, 3.8) is 0 Å². The zero-order valence-corrected chi connectivity index (χ0v) is 23.3. The molecule has 0 aromatic carbocycles. The van der Waals surface area contributed by atoms with Crippen LogP contribution in [-0.4, -0.2) is 46.0 Å². The lowest BCUT2D eigenvalue weighted by Gasteiger charge is -2.20. The summed E-state index contributed by atoms with van der Waals surface area (Å²) in [6, 6.07) is 0.181. The third kappa shape index (κ3) is 12.2. The van der Waals surface area contributed by atoms with Crippen molar-refractivity contribution in [2.75, 3.05) is 6.54 Å². The van der Waals surface area contributed by atoms with E-state index in [1.807, 2.05) is 0 Å². The molecule has 6 heteroatoms. The molecule has 0 aromatic rings. The van der Waals surface area contributed by atoms with Crippen LogP contribution >= 0.6 is 0 Å². The third-order valence-electron chi connectivity index (χ3n) is 7.67. The van der Waals surface area contributed by atoms with Crippen LogP contribution in [-0.2, 0) is 19.2 Å². The van der Waals surface area contributed by atoms with Crippen LogP contribution in [0.4, 0.5) is 0 Å². The van der Waals surface area contributed by atoms with Crippen molar-refractivity contribution in [3.05, 3.63) is 24.3 Å². The molecule has 6 nitrogen and oxygen atoms in total. The van der Waals surface area contributed by atoms with Crippen molar-refractivity contribution in [1.82, 2.24) is 9.80 Å². The van der Waals surface area contributed by atoms with E-state index in [4.69, 9.17) is 0 Å². The lowest BCUT2D eigenvalue weighted by molar-refractivity contribution is -0.140. The molecule has 4 amide bonds. The molecule has 0 spiro atoms. The van der Waals surface area contributed by atoms with E-state index in [1.165, 1.54) is 124 Å². The SMILES string of the molecule is CCCCCCCCCCCCCCCCCCN1C(=O)C=CC1=O.O=C1C=CC(=O)N1C1CCCC1. The highest BCUT2D eigenvalue weighted by molar-refractivity contribution is 6.13. The molecule has 0 N–H and O–H groups in total. The van der Waals surface area contributed by atoms with Crippen LogP contribution in [0.5, 0.6) is 0 Å². The molecule has 1 aliphatic carbocycles. The summed E-state index contributed by atoms with van der Waals surface area (Å²) in [5.41, 5.74) is 0. The zero-order valence-electron chi connectivity index (χ0n) is 23.3. The van der Waals surface area contributed by atoms with E-state index in [-0.39, 0.29) is 29.7 Å². The Balaban J connectivity index is 0.000000330. The van der Waals surface area contributed by atoms with Crippen LogP contribution < -0.4 is 0 Å². The summed E-state index contributed by atoms with van der Waals surface area (Å²) < 4.78 is 0. The van der Waals surface area contributed by atoms with Gasteiger partial charge in [0.05, 0.1) is 0 Å². The van der Waals surface area contributed by atoms with Crippen LogP contribution in [0.2, 0.25) is 0 Å². The molecule has 2 aliphatic heterocycles. The van der Waals surface area contributed by atoms with Gasteiger partial charge in [0.15, 0.2) is 0 Å². The van der Waals surface area contributed by atoms with Gasteiger partial charge in [-0.3, -0.25) is 29.0 Å². The molecule has 1 saturated carbocycles. The van der Waals surface area contributed by atoms with Gasteiger partial charge in [-0.15, -0.1) is 0 Å². The fraction of sp³-hybridized carbons (Fsp3) is 0.742. The molecule has 0 aromatic heterocycles. The van der Waals surface area contributed by atoms with Gasteiger partial charge in [-0.25, -0.2) is 0 Å². The molecule has 3 rings (SSSR count). The number of amides is 4. The molecule has 3 aliphatic rings.